The fraction of sp³-hybridized carbons (Fsp3) is 0.368. The Morgan fingerprint density at radius 3 is 2.81 bits per heavy atom. The van der Waals surface area contributed by atoms with Crippen molar-refractivity contribution in [1.82, 2.24) is 5.32 Å². The smallest absolute Gasteiger partial charge is 0.126 e. The summed E-state index contributed by atoms with van der Waals surface area (Å²) in [7, 11) is 0. The molecular weight excluding hydrogens is 261 g/mol. The SMILES string of the molecule is CCNC(c1ccc(F)c(C)c1)C1CCc2ccccc21. The predicted molar refractivity (Wildman–Crippen MR) is 85.1 cm³/mol. The molecule has 1 nitrogen and oxygen atoms in total. The molecule has 0 amide bonds. The molecule has 2 atom stereocenters. The zero-order valence-electron chi connectivity index (χ0n) is 12.7. The molecule has 1 N–H and O–H groups in total. The van der Waals surface area contributed by atoms with E-state index in [4.69, 9.17) is 0 Å². The molecule has 2 unspecified atom stereocenters. The first kappa shape index (κ1) is 14.3. The highest BCUT2D eigenvalue weighted by Gasteiger charge is 2.30. The van der Waals surface area contributed by atoms with Crippen molar-refractivity contribution in [2.24, 2.45) is 0 Å². The number of likely N-dealkylation sites (N-methyl/N-ethyl adjacent to an activating group) is 1. The highest BCUT2D eigenvalue weighted by molar-refractivity contribution is 5.39. The van der Waals surface area contributed by atoms with Gasteiger partial charge in [0.1, 0.15) is 5.82 Å². The van der Waals surface area contributed by atoms with Gasteiger partial charge in [-0.15, -0.1) is 0 Å². The van der Waals surface area contributed by atoms with Crippen LogP contribution in [0.4, 0.5) is 4.39 Å². The minimum absolute atomic E-state index is 0.124. The van der Waals surface area contributed by atoms with E-state index in [1.807, 2.05) is 19.1 Å². The zero-order chi connectivity index (χ0) is 14.8. The molecule has 0 fully saturated rings. The van der Waals surface area contributed by atoms with Crippen molar-refractivity contribution < 1.29 is 4.39 Å². The van der Waals surface area contributed by atoms with Gasteiger partial charge in [0.2, 0.25) is 0 Å². The lowest BCUT2D eigenvalue weighted by Crippen LogP contribution is -2.26. The first-order valence-corrected chi connectivity index (χ1v) is 7.78. The maximum absolute atomic E-state index is 13.5. The maximum Gasteiger partial charge on any atom is 0.126 e. The maximum atomic E-state index is 13.5. The van der Waals surface area contributed by atoms with Gasteiger partial charge < -0.3 is 5.32 Å². The molecule has 0 saturated carbocycles. The van der Waals surface area contributed by atoms with Crippen molar-refractivity contribution in [3.8, 4) is 0 Å². The minimum Gasteiger partial charge on any atom is -0.310 e. The Hall–Kier alpha value is -1.67. The first-order valence-electron chi connectivity index (χ1n) is 7.78. The Labute approximate surface area is 126 Å². The molecule has 0 bridgehead atoms. The van der Waals surface area contributed by atoms with Gasteiger partial charge in [0.15, 0.2) is 0 Å². The molecule has 0 spiro atoms. The predicted octanol–water partition coefficient (Wildman–Crippen LogP) is 4.51. The summed E-state index contributed by atoms with van der Waals surface area (Å²) in [5.74, 6) is 0.354. The molecule has 0 radical (unpaired) electrons. The topological polar surface area (TPSA) is 12.0 Å². The van der Waals surface area contributed by atoms with Crippen molar-refractivity contribution in [3.63, 3.8) is 0 Å². The molecule has 2 aromatic rings. The quantitative estimate of drug-likeness (QED) is 0.870. The van der Waals surface area contributed by atoms with Crippen LogP contribution in [0.1, 0.15) is 47.6 Å². The highest BCUT2D eigenvalue weighted by Crippen LogP contribution is 2.41. The molecule has 1 aliphatic rings. The van der Waals surface area contributed by atoms with E-state index in [2.05, 4.69) is 36.5 Å². The summed E-state index contributed by atoms with van der Waals surface area (Å²) >= 11 is 0. The van der Waals surface area contributed by atoms with E-state index in [0.717, 1.165) is 24.9 Å². The summed E-state index contributed by atoms with van der Waals surface area (Å²) in [5.41, 5.74) is 4.83. The molecule has 0 aliphatic heterocycles. The molecular formula is C19H22FN. The Morgan fingerprint density at radius 1 is 1.24 bits per heavy atom. The third-order valence-corrected chi connectivity index (χ3v) is 4.55. The van der Waals surface area contributed by atoms with Crippen LogP contribution in [0.5, 0.6) is 0 Å². The summed E-state index contributed by atoms with van der Waals surface area (Å²) in [5, 5.41) is 3.61. The number of nitrogens with one attached hydrogen (secondary N) is 1. The second-order valence-electron chi connectivity index (χ2n) is 5.89. The van der Waals surface area contributed by atoms with Gasteiger partial charge in [0.05, 0.1) is 0 Å². The number of hydrogen-bond donors (Lipinski definition) is 1. The average molecular weight is 283 g/mol. The van der Waals surface area contributed by atoms with Crippen LogP contribution < -0.4 is 5.32 Å². The minimum atomic E-state index is -0.124. The van der Waals surface area contributed by atoms with Gasteiger partial charge in [-0.3, -0.25) is 0 Å². The van der Waals surface area contributed by atoms with E-state index in [9.17, 15) is 4.39 Å². The Bertz CT molecular complexity index is 635. The Kier molecular flexibility index (Phi) is 4.07. The normalized spacial score (nSPS) is 18.5. The van der Waals surface area contributed by atoms with Crippen LogP contribution in [-0.2, 0) is 6.42 Å². The molecule has 2 heteroatoms. The first-order chi connectivity index (χ1) is 10.2. The summed E-state index contributed by atoms with van der Waals surface area (Å²) in [4.78, 5) is 0. The van der Waals surface area contributed by atoms with Crippen LogP contribution in [0.25, 0.3) is 0 Å². The van der Waals surface area contributed by atoms with Crippen molar-refractivity contribution in [1.29, 1.82) is 0 Å². The van der Waals surface area contributed by atoms with Crippen molar-refractivity contribution >= 4 is 0 Å². The van der Waals surface area contributed by atoms with Gasteiger partial charge in [-0.2, -0.15) is 0 Å². The molecule has 110 valence electrons. The highest BCUT2D eigenvalue weighted by atomic mass is 19.1. The molecule has 21 heavy (non-hydrogen) atoms. The van der Waals surface area contributed by atoms with Crippen molar-refractivity contribution in [3.05, 3.63) is 70.5 Å². The number of fused-ring (bicyclic) bond motifs is 1. The van der Waals surface area contributed by atoms with Gasteiger partial charge in [0.25, 0.3) is 0 Å². The van der Waals surface area contributed by atoms with Gasteiger partial charge in [-0.25, -0.2) is 4.39 Å². The van der Waals surface area contributed by atoms with Gasteiger partial charge in [-0.05, 0) is 54.6 Å². The van der Waals surface area contributed by atoms with Crippen molar-refractivity contribution in [2.75, 3.05) is 6.54 Å². The van der Waals surface area contributed by atoms with E-state index in [1.54, 1.807) is 6.07 Å². The summed E-state index contributed by atoms with van der Waals surface area (Å²) in [6.07, 6.45) is 2.30. The lowest BCUT2D eigenvalue weighted by molar-refractivity contribution is 0.452. The van der Waals surface area contributed by atoms with Crippen molar-refractivity contribution in [2.45, 2.75) is 38.6 Å². The molecule has 3 rings (SSSR count). The number of benzene rings is 2. The number of aryl methyl sites for hydroxylation is 2. The van der Waals surface area contributed by atoms with Gasteiger partial charge >= 0.3 is 0 Å². The van der Waals surface area contributed by atoms with Crippen LogP contribution in [0.3, 0.4) is 0 Å². The lowest BCUT2D eigenvalue weighted by atomic mass is 9.87. The van der Waals surface area contributed by atoms with Crippen LogP contribution in [0, 0.1) is 12.7 Å². The second-order valence-corrected chi connectivity index (χ2v) is 5.89. The van der Waals surface area contributed by atoms with Crippen LogP contribution in [-0.4, -0.2) is 6.54 Å². The molecule has 0 aromatic heterocycles. The van der Waals surface area contributed by atoms with E-state index in [0.29, 0.717) is 5.92 Å². The molecule has 1 aliphatic carbocycles. The largest absolute Gasteiger partial charge is 0.310 e. The van der Waals surface area contributed by atoms with Crippen LogP contribution in [0.15, 0.2) is 42.5 Å². The summed E-state index contributed by atoms with van der Waals surface area (Å²) < 4.78 is 13.5. The average Bonchev–Trinajstić information content (AvgIpc) is 2.92. The second kappa shape index (κ2) is 5.98. The fourth-order valence-electron chi connectivity index (χ4n) is 3.51. The zero-order valence-corrected chi connectivity index (χ0v) is 12.7. The number of rotatable bonds is 4. The third-order valence-electron chi connectivity index (χ3n) is 4.55. The molecule has 0 heterocycles. The Balaban J connectivity index is 1.97. The van der Waals surface area contributed by atoms with Crippen LogP contribution >= 0.6 is 0 Å². The molecule has 2 aromatic carbocycles. The van der Waals surface area contributed by atoms with Gasteiger partial charge in [0, 0.05) is 12.0 Å². The number of hydrogen-bond acceptors (Lipinski definition) is 1. The third kappa shape index (κ3) is 2.73. The van der Waals surface area contributed by atoms with E-state index >= 15 is 0 Å². The van der Waals surface area contributed by atoms with E-state index < -0.39 is 0 Å². The number of halogens is 1. The standard InChI is InChI=1S/C19H22FN/c1-3-21-19(15-9-11-18(20)13(2)12-15)17-10-8-14-6-4-5-7-16(14)17/h4-7,9,11-12,17,19,21H,3,8,10H2,1-2H3. The lowest BCUT2D eigenvalue weighted by Gasteiger charge is -2.26. The Morgan fingerprint density at radius 2 is 2.05 bits per heavy atom. The van der Waals surface area contributed by atoms with Crippen LogP contribution in [0.2, 0.25) is 0 Å². The fourth-order valence-corrected chi connectivity index (χ4v) is 3.51. The van der Waals surface area contributed by atoms with E-state index in [1.165, 1.54) is 16.7 Å². The summed E-state index contributed by atoms with van der Waals surface area (Å²) in [6, 6.07) is 14.5. The monoisotopic (exact) mass is 283 g/mol. The van der Waals surface area contributed by atoms with E-state index in [-0.39, 0.29) is 11.9 Å². The van der Waals surface area contributed by atoms with Gasteiger partial charge in [-0.1, -0.05) is 43.3 Å². The summed E-state index contributed by atoms with van der Waals surface area (Å²) in [6.45, 7) is 4.88. The molecule has 0 saturated heterocycles.